The van der Waals surface area contributed by atoms with Crippen LogP contribution in [0.25, 0.3) is 0 Å². The van der Waals surface area contributed by atoms with E-state index in [0.717, 1.165) is 16.9 Å². The molecule has 0 amide bonds. The molecule has 0 bridgehead atoms. The molecule has 0 heterocycles. The largest absolute Gasteiger partial charge is 0.349 e. The minimum atomic E-state index is 0.436. The van der Waals surface area contributed by atoms with Crippen LogP contribution in [0.5, 0.6) is 0 Å². The van der Waals surface area contributed by atoms with Gasteiger partial charge in [0.25, 0.3) is 0 Å². The Morgan fingerprint density at radius 3 is 2.17 bits per heavy atom. The van der Waals surface area contributed by atoms with Crippen molar-refractivity contribution < 1.29 is 0 Å². The fraction of sp³-hybridized carbons (Fsp3) is 0.500. The Balaban J connectivity index is 2.07. The van der Waals surface area contributed by atoms with Gasteiger partial charge in [-0.05, 0) is 24.1 Å². The Morgan fingerprint density at radius 2 is 1.67 bits per heavy atom. The standard InChI is InChI=1S/C14H20BrN3/c1-17(2)14(18(3)4)16-13-9-12(13)10-5-7-11(15)8-6-10/h5-8,12-13H,9H2,1-4H3. The summed E-state index contributed by atoms with van der Waals surface area (Å²) in [6, 6.07) is 9.02. The van der Waals surface area contributed by atoms with Crippen molar-refractivity contribution in [2.75, 3.05) is 28.2 Å². The van der Waals surface area contributed by atoms with Crippen molar-refractivity contribution in [1.29, 1.82) is 0 Å². The minimum Gasteiger partial charge on any atom is -0.349 e. The molecule has 0 aromatic heterocycles. The maximum absolute atomic E-state index is 4.82. The monoisotopic (exact) mass is 309 g/mol. The lowest BCUT2D eigenvalue weighted by atomic mass is 10.1. The van der Waals surface area contributed by atoms with Crippen molar-refractivity contribution in [1.82, 2.24) is 9.80 Å². The zero-order chi connectivity index (χ0) is 13.3. The second kappa shape index (κ2) is 5.31. The second-order valence-corrected chi connectivity index (χ2v) is 6.09. The van der Waals surface area contributed by atoms with Crippen LogP contribution in [0, 0.1) is 0 Å². The van der Waals surface area contributed by atoms with Crippen LogP contribution in [-0.4, -0.2) is 50.0 Å². The van der Waals surface area contributed by atoms with E-state index in [1.54, 1.807) is 0 Å². The molecule has 1 saturated carbocycles. The van der Waals surface area contributed by atoms with E-state index in [1.165, 1.54) is 5.56 Å². The molecule has 0 radical (unpaired) electrons. The van der Waals surface area contributed by atoms with Crippen LogP contribution in [0.3, 0.4) is 0 Å². The predicted molar refractivity (Wildman–Crippen MR) is 80.1 cm³/mol. The fourth-order valence-corrected chi connectivity index (χ4v) is 2.44. The van der Waals surface area contributed by atoms with E-state index in [9.17, 15) is 0 Å². The summed E-state index contributed by atoms with van der Waals surface area (Å²) in [7, 11) is 8.15. The van der Waals surface area contributed by atoms with Crippen molar-refractivity contribution in [3.8, 4) is 0 Å². The SMILES string of the molecule is CN(C)C(=NC1CC1c1ccc(Br)cc1)N(C)C. The molecule has 0 saturated heterocycles. The van der Waals surface area contributed by atoms with E-state index in [1.807, 2.05) is 28.2 Å². The van der Waals surface area contributed by atoms with Gasteiger partial charge in [-0.3, -0.25) is 0 Å². The highest BCUT2D eigenvalue weighted by molar-refractivity contribution is 9.10. The number of benzene rings is 1. The Bertz CT molecular complexity index is 427. The summed E-state index contributed by atoms with van der Waals surface area (Å²) in [5.41, 5.74) is 1.39. The Morgan fingerprint density at radius 1 is 1.11 bits per heavy atom. The average molecular weight is 310 g/mol. The molecule has 1 aromatic carbocycles. The van der Waals surface area contributed by atoms with Gasteiger partial charge in [0, 0.05) is 38.6 Å². The summed E-state index contributed by atoms with van der Waals surface area (Å²) in [6.07, 6.45) is 1.16. The number of nitrogens with zero attached hydrogens (tertiary/aromatic N) is 3. The number of halogens is 1. The maximum Gasteiger partial charge on any atom is 0.195 e. The van der Waals surface area contributed by atoms with Gasteiger partial charge < -0.3 is 9.80 Å². The first-order valence-electron chi connectivity index (χ1n) is 6.17. The van der Waals surface area contributed by atoms with Crippen molar-refractivity contribution >= 4 is 21.9 Å². The third kappa shape index (κ3) is 3.05. The van der Waals surface area contributed by atoms with E-state index >= 15 is 0 Å². The number of aliphatic imine (C=N–C) groups is 1. The molecule has 0 N–H and O–H groups in total. The lowest BCUT2D eigenvalue weighted by Gasteiger charge is -2.22. The summed E-state index contributed by atoms with van der Waals surface area (Å²) in [5, 5.41) is 0. The highest BCUT2D eigenvalue weighted by Gasteiger charge is 2.38. The molecular formula is C14H20BrN3. The molecule has 4 heteroatoms. The highest BCUT2D eigenvalue weighted by atomic mass is 79.9. The van der Waals surface area contributed by atoms with Crippen molar-refractivity contribution in [2.45, 2.75) is 18.4 Å². The van der Waals surface area contributed by atoms with E-state index in [0.29, 0.717) is 12.0 Å². The first kappa shape index (κ1) is 13.4. The van der Waals surface area contributed by atoms with E-state index in [4.69, 9.17) is 4.99 Å². The van der Waals surface area contributed by atoms with E-state index in [-0.39, 0.29) is 0 Å². The van der Waals surface area contributed by atoms with Crippen LogP contribution in [-0.2, 0) is 0 Å². The van der Waals surface area contributed by atoms with Crippen molar-refractivity contribution in [3.63, 3.8) is 0 Å². The molecule has 0 spiro atoms. The van der Waals surface area contributed by atoms with Crippen LogP contribution in [0.4, 0.5) is 0 Å². The summed E-state index contributed by atoms with van der Waals surface area (Å²) < 4.78 is 1.13. The van der Waals surface area contributed by atoms with E-state index < -0.39 is 0 Å². The molecule has 1 fully saturated rings. The third-order valence-corrected chi connectivity index (χ3v) is 3.66. The lowest BCUT2D eigenvalue weighted by molar-refractivity contribution is 0.479. The van der Waals surface area contributed by atoms with Gasteiger partial charge in [0.05, 0.1) is 6.04 Å². The molecule has 3 nitrogen and oxygen atoms in total. The van der Waals surface area contributed by atoms with Gasteiger partial charge in [-0.2, -0.15) is 0 Å². The smallest absolute Gasteiger partial charge is 0.195 e. The number of hydrogen-bond acceptors (Lipinski definition) is 1. The van der Waals surface area contributed by atoms with Gasteiger partial charge in [0.15, 0.2) is 5.96 Å². The van der Waals surface area contributed by atoms with Crippen LogP contribution >= 0.6 is 15.9 Å². The molecular weight excluding hydrogens is 290 g/mol. The van der Waals surface area contributed by atoms with Gasteiger partial charge >= 0.3 is 0 Å². The molecule has 1 aromatic rings. The zero-order valence-electron chi connectivity index (χ0n) is 11.4. The van der Waals surface area contributed by atoms with Gasteiger partial charge in [-0.15, -0.1) is 0 Å². The van der Waals surface area contributed by atoms with Crippen LogP contribution in [0.2, 0.25) is 0 Å². The van der Waals surface area contributed by atoms with Gasteiger partial charge in [0.2, 0.25) is 0 Å². The zero-order valence-corrected chi connectivity index (χ0v) is 13.0. The first-order chi connectivity index (χ1) is 8.49. The van der Waals surface area contributed by atoms with Crippen LogP contribution in [0.15, 0.2) is 33.7 Å². The first-order valence-corrected chi connectivity index (χ1v) is 6.96. The lowest BCUT2D eigenvalue weighted by Crippen LogP contribution is -2.35. The fourth-order valence-electron chi connectivity index (χ4n) is 2.17. The summed E-state index contributed by atoms with van der Waals surface area (Å²) in [4.78, 5) is 8.96. The average Bonchev–Trinajstić information content (AvgIpc) is 3.05. The number of rotatable bonds is 2. The number of hydrogen-bond donors (Lipinski definition) is 0. The molecule has 2 rings (SSSR count). The van der Waals surface area contributed by atoms with Gasteiger partial charge in [0.1, 0.15) is 0 Å². The van der Waals surface area contributed by atoms with Crippen LogP contribution < -0.4 is 0 Å². The molecule has 18 heavy (non-hydrogen) atoms. The van der Waals surface area contributed by atoms with Gasteiger partial charge in [-0.25, -0.2) is 4.99 Å². The molecule has 2 unspecified atom stereocenters. The Hall–Kier alpha value is -1.03. The van der Waals surface area contributed by atoms with Gasteiger partial charge in [-0.1, -0.05) is 28.1 Å². The van der Waals surface area contributed by atoms with Crippen molar-refractivity contribution in [2.24, 2.45) is 4.99 Å². The summed E-state index contributed by atoms with van der Waals surface area (Å²) in [6.45, 7) is 0. The topological polar surface area (TPSA) is 18.8 Å². The molecule has 1 aliphatic rings. The minimum absolute atomic E-state index is 0.436. The second-order valence-electron chi connectivity index (χ2n) is 5.18. The maximum atomic E-state index is 4.82. The normalized spacial score (nSPS) is 21.4. The molecule has 98 valence electrons. The van der Waals surface area contributed by atoms with E-state index in [2.05, 4.69) is 50.0 Å². The molecule has 0 aliphatic heterocycles. The predicted octanol–water partition coefficient (Wildman–Crippen LogP) is 2.78. The quantitative estimate of drug-likeness (QED) is 0.618. The Kier molecular flexibility index (Phi) is 3.95. The highest BCUT2D eigenvalue weighted by Crippen LogP contribution is 2.43. The molecule has 2 atom stereocenters. The summed E-state index contributed by atoms with van der Waals surface area (Å²) in [5.74, 6) is 1.63. The van der Waals surface area contributed by atoms with Crippen molar-refractivity contribution in [3.05, 3.63) is 34.3 Å². The number of guanidine groups is 1. The molecule has 1 aliphatic carbocycles. The third-order valence-electron chi connectivity index (χ3n) is 3.14. The summed E-state index contributed by atoms with van der Waals surface area (Å²) >= 11 is 3.47. The Labute approximate surface area is 118 Å². The van der Waals surface area contributed by atoms with Crippen LogP contribution in [0.1, 0.15) is 17.9 Å².